The monoisotopic (exact) mass is 347 g/mol. The van der Waals surface area contributed by atoms with Gasteiger partial charge in [-0.3, -0.25) is 9.69 Å². The highest BCUT2D eigenvalue weighted by Crippen LogP contribution is 2.29. The molecule has 0 bridgehead atoms. The van der Waals surface area contributed by atoms with Crippen molar-refractivity contribution >= 4 is 21.6 Å². The molecule has 0 saturated carbocycles. The largest absolute Gasteiger partial charge is 0.309 e. The lowest BCUT2D eigenvalue weighted by atomic mass is 9.98. The predicted octanol–water partition coefficient (Wildman–Crippen LogP) is 4.11. The summed E-state index contributed by atoms with van der Waals surface area (Å²) < 4.78 is 0. The van der Waals surface area contributed by atoms with Gasteiger partial charge >= 0.3 is 0 Å². The summed E-state index contributed by atoms with van der Waals surface area (Å²) >= 11 is 1.67. The van der Waals surface area contributed by atoms with Gasteiger partial charge in [0.15, 0.2) is 0 Å². The van der Waals surface area contributed by atoms with E-state index in [0.717, 1.165) is 54.4 Å². The van der Waals surface area contributed by atoms with Crippen LogP contribution in [-0.4, -0.2) is 28.0 Å². The average Bonchev–Trinajstić information content (AvgIpc) is 2.85. The van der Waals surface area contributed by atoms with Gasteiger partial charge < -0.3 is 4.98 Å². The first kappa shape index (κ1) is 17.6. The summed E-state index contributed by atoms with van der Waals surface area (Å²) in [5, 5.41) is 0.828. The Balaban J connectivity index is 1.87. The van der Waals surface area contributed by atoms with E-state index < -0.39 is 0 Å². The molecular formula is C19H29N3OS. The fourth-order valence-corrected chi connectivity index (χ4v) is 4.54. The number of aromatic amines is 1. The van der Waals surface area contributed by atoms with E-state index in [-0.39, 0.29) is 5.56 Å². The zero-order valence-corrected chi connectivity index (χ0v) is 16.1. The molecule has 3 rings (SSSR count). The Labute approximate surface area is 148 Å². The number of fused-ring (bicyclic) bond motifs is 1. The minimum atomic E-state index is 0.0445. The Morgan fingerprint density at radius 3 is 2.75 bits per heavy atom. The molecule has 0 radical (unpaired) electrons. The van der Waals surface area contributed by atoms with Crippen LogP contribution in [0.1, 0.15) is 56.3 Å². The molecule has 24 heavy (non-hydrogen) atoms. The Morgan fingerprint density at radius 2 is 2.08 bits per heavy atom. The summed E-state index contributed by atoms with van der Waals surface area (Å²) in [6.45, 7) is 11.9. The number of hydrogen-bond acceptors (Lipinski definition) is 4. The van der Waals surface area contributed by atoms with Crippen molar-refractivity contribution in [1.82, 2.24) is 14.9 Å². The number of piperidine rings is 1. The molecule has 1 fully saturated rings. The second-order valence-electron chi connectivity index (χ2n) is 7.51. The number of nitrogens with one attached hydrogen (secondary N) is 1. The van der Waals surface area contributed by atoms with Crippen LogP contribution in [0.2, 0.25) is 0 Å². The topological polar surface area (TPSA) is 49.0 Å². The second-order valence-corrected chi connectivity index (χ2v) is 8.71. The molecule has 4 nitrogen and oxygen atoms in total. The van der Waals surface area contributed by atoms with Gasteiger partial charge in [0.05, 0.1) is 11.9 Å². The number of rotatable bonds is 5. The molecule has 0 unspecified atom stereocenters. The van der Waals surface area contributed by atoms with Crippen molar-refractivity contribution in [3.63, 3.8) is 0 Å². The van der Waals surface area contributed by atoms with Crippen molar-refractivity contribution in [3.05, 3.63) is 26.6 Å². The van der Waals surface area contributed by atoms with Crippen LogP contribution in [0.15, 0.2) is 4.79 Å². The Morgan fingerprint density at radius 1 is 1.38 bits per heavy atom. The SMILES string of the molecule is CC[C@H](C)Cc1c(C)sc2nc(CN3CCC(C)CC3)[nH]c(=O)c12. The molecular weight excluding hydrogens is 318 g/mol. The first-order valence-corrected chi connectivity index (χ1v) is 10.0. The van der Waals surface area contributed by atoms with E-state index in [0.29, 0.717) is 5.92 Å². The molecule has 0 aliphatic carbocycles. The summed E-state index contributed by atoms with van der Waals surface area (Å²) in [4.78, 5) is 25.1. The minimum Gasteiger partial charge on any atom is -0.309 e. The zero-order chi connectivity index (χ0) is 17.3. The summed E-state index contributed by atoms with van der Waals surface area (Å²) in [5.74, 6) is 2.23. The van der Waals surface area contributed by atoms with Crippen molar-refractivity contribution in [2.75, 3.05) is 13.1 Å². The van der Waals surface area contributed by atoms with E-state index in [1.54, 1.807) is 11.3 Å². The van der Waals surface area contributed by atoms with Gasteiger partial charge in [-0.25, -0.2) is 4.98 Å². The average molecular weight is 348 g/mol. The van der Waals surface area contributed by atoms with Gasteiger partial charge in [-0.05, 0) is 56.7 Å². The smallest absolute Gasteiger partial charge is 0.259 e. The fraction of sp³-hybridized carbons (Fsp3) is 0.684. The van der Waals surface area contributed by atoms with Gasteiger partial charge in [-0.2, -0.15) is 0 Å². The maximum Gasteiger partial charge on any atom is 0.259 e. The van der Waals surface area contributed by atoms with Crippen LogP contribution in [-0.2, 0) is 13.0 Å². The first-order valence-electron chi connectivity index (χ1n) is 9.21. The summed E-state index contributed by atoms with van der Waals surface area (Å²) in [5.41, 5.74) is 1.25. The van der Waals surface area contributed by atoms with Gasteiger partial charge in [-0.15, -0.1) is 11.3 Å². The van der Waals surface area contributed by atoms with Crippen molar-refractivity contribution in [2.24, 2.45) is 11.8 Å². The maximum absolute atomic E-state index is 12.7. The van der Waals surface area contributed by atoms with Crippen LogP contribution in [0.5, 0.6) is 0 Å². The number of nitrogens with zero attached hydrogens (tertiary/aromatic N) is 2. The van der Waals surface area contributed by atoms with Crippen LogP contribution in [0.4, 0.5) is 0 Å². The lowest BCUT2D eigenvalue weighted by Gasteiger charge is -2.29. The molecule has 2 aromatic heterocycles. The third-order valence-electron chi connectivity index (χ3n) is 5.41. The first-order chi connectivity index (χ1) is 11.5. The van der Waals surface area contributed by atoms with Gasteiger partial charge in [0.2, 0.25) is 0 Å². The minimum absolute atomic E-state index is 0.0445. The van der Waals surface area contributed by atoms with Crippen molar-refractivity contribution in [3.8, 4) is 0 Å². The van der Waals surface area contributed by atoms with Crippen molar-refractivity contribution in [2.45, 2.75) is 59.9 Å². The Hall–Kier alpha value is -1.20. The third kappa shape index (κ3) is 3.72. The number of hydrogen-bond donors (Lipinski definition) is 1. The lowest BCUT2D eigenvalue weighted by Crippen LogP contribution is -2.33. The van der Waals surface area contributed by atoms with Crippen molar-refractivity contribution < 1.29 is 0 Å². The Kier molecular flexibility index (Phi) is 5.40. The molecule has 0 amide bonds. The molecule has 0 spiro atoms. The molecule has 1 atom stereocenters. The summed E-state index contributed by atoms with van der Waals surface area (Å²) in [6.07, 6.45) is 4.58. The predicted molar refractivity (Wildman–Crippen MR) is 102 cm³/mol. The number of likely N-dealkylation sites (tertiary alicyclic amines) is 1. The normalized spacial score (nSPS) is 18.3. The number of aryl methyl sites for hydroxylation is 1. The zero-order valence-electron chi connectivity index (χ0n) is 15.3. The van der Waals surface area contributed by atoms with Crippen LogP contribution < -0.4 is 5.56 Å². The van der Waals surface area contributed by atoms with Crippen LogP contribution in [0, 0.1) is 18.8 Å². The quantitative estimate of drug-likeness (QED) is 0.885. The number of thiophene rings is 1. The standard InChI is InChI=1S/C19H29N3OS/c1-5-12(2)10-15-14(4)24-19-17(15)18(23)20-16(21-19)11-22-8-6-13(3)7-9-22/h12-13H,5-11H2,1-4H3,(H,20,21,23)/t12-/m0/s1. The van der Waals surface area contributed by atoms with Crippen molar-refractivity contribution in [1.29, 1.82) is 0 Å². The molecule has 5 heteroatoms. The molecule has 0 aromatic carbocycles. The van der Waals surface area contributed by atoms with Crippen LogP contribution in [0.25, 0.3) is 10.2 Å². The van der Waals surface area contributed by atoms with E-state index in [9.17, 15) is 4.79 Å². The fourth-order valence-electron chi connectivity index (χ4n) is 3.47. The highest BCUT2D eigenvalue weighted by molar-refractivity contribution is 7.18. The molecule has 1 aliphatic heterocycles. The van der Waals surface area contributed by atoms with Gasteiger partial charge in [-0.1, -0.05) is 27.2 Å². The molecule has 1 aliphatic rings. The van der Waals surface area contributed by atoms with Crippen LogP contribution >= 0.6 is 11.3 Å². The van der Waals surface area contributed by atoms with E-state index in [4.69, 9.17) is 4.98 Å². The number of H-pyrrole nitrogens is 1. The van der Waals surface area contributed by atoms with E-state index in [1.165, 1.54) is 23.3 Å². The number of aromatic nitrogens is 2. The van der Waals surface area contributed by atoms with Crippen LogP contribution in [0.3, 0.4) is 0 Å². The van der Waals surface area contributed by atoms with E-state index >= 15 is 0 Å². The van der Waals surface area contributed by atoms with Gasteiger partial charge in [0, 0.05) is 4.88 Å². The third-order valence-corrected chi connectivity index (χ3v) is 6.45. The highest BCUT2D eigenvalue weighted by atomic mass is 32.1. The summed E-state index contributed by atoms with van der Waals surface area (Å²) in [6, 6.07) is 0. The second kappa shape index (κ2) is 7.36. The lowest BCUT2D eigenvalue weighted by molar-refractivity contribution is 0.181. The summed E-state index contributed by atoms with van der Waals surface area (Å²) in [7, 11) is 0. The van der Waals surface area contributed by atoms with E-state index in [1.807, 2.05) is 0 Å². The van der Waals surface area contributed by atoms with Gasteiger partial charge in [0.25, 0.3) is 5.56 Å². The molecule has 2 aromatic rings. The molecule has 1 N–H and O–H groups in total. The Bertz CT molecular complexity index is 756. The molecule has 1 saturated heterocycles. The molecule has 132 valence electrons. The highest BCUT2D eigenvalue weighted by Gasteiger charge is 2.19. The maximum atomic E-state index is 12.7. The molecule has 3 heterocycles. The van der Waals surface area contributed by atoms with E-state index in [2.05, 4.69) is 37.6 Å². The van der Waals surface area contributed by atoms with Gasteiger partial charge in [0.1, 0.15) is 10.7 Å².